The normalized spacial score (nSPS) is 14.0. The van der Waals surface area contributed by atoms with E-state index in [2.05, 4.69) is 74.6 Å². The van der Waals surface area contributed by atoms with Crippen LogP contribution < -0.4 is 5.73 Å². The molecule has 0 aliphatic carbocycles. The van der Waals surface area contributed by atoms with Gasteiger partial charge in [-0.3, -0.25) is 13.8 Å². The van der Waals surface area contributed by atoms with E-state index in [-0.39, 0.29) is 38.8 Å². The number of phosphoric acid groups is 1. The molecule has 326 valence electrons. The van der Waals surface area contributed by atoms with Crippen LogP contribution in [0.3, 0.4) is 0 Å². The molecular weight excluding hydrogens is 721 g/mol. The molecule has 0 bridgehead atoms. The minimum Gasteiger partial charge on any atom is -0.457 e. The highest BCUT2D eigenvalue weighted by Crippen LogP contribution is 2.43. The lowest BCUT2D eigenvalue weighted by Crippen LogP contribution is -2.28. The Bertz CT molecular complexity index is 1040. The molecule has 0 aliphatic rings. The van der Waals surface area contributed by atoms with Gasteiger partial charge < -0.3 is 20.1 Å². The van der Waals surface area contributed by atoms with E-state index >= 15 is 0 Å². The van der Waals surface area contributed by atoms with Gasteiger partial charge >= 0.3 is 13.8 Å². The first-order chi connectivity index (χ1) is 27.4. The lowest BCUT2D eigenvalue weighted by atomic mass is 10.1. The Morgan fingerprint density at radius 1 is 0.554 bits per heavy atom. The molecule has 2 unspecified atom stereocenters. The summed E-state index contributed by atoms with van der Waals surface area (Å²) in [7, 11) is -4.29. The Kier molecular flexibility index (Phi) is 42.9. The number of allylic oxidation sites excluding steroid dienone is 10. The fraction of sp³-hybridized carbons (Fsp3) is 0.766. The third kappa shape index (κ3) is 43.3. The number of esters is 1. The number of phosphoric ester groups is 1. The highest BCUT2D eigenvalue weighted by molar-refractivity contribution is 7.47. The summed E-state index contributed by atoms with van der Waals surface area (Å²) in [5, 5.41) is 0. The van der Waals surface area contributed by atoms with Gasteiger partial charge in [0.25, 0.3) is 0 Å². The maximum Gasteiger partial charge on any atom is 0.472 e. The van der Waals surface area contributed by atoms with Gasteiger partial charge in [0.15, 0.2) is 0 Å². The van der Waals surface area contributed by atoms with Gasteiger partial charge in [-0.2, -0.15) is 0 Å². The summed E-state index contributed by atoms with van der Waals surface area (Å²) >= 11 is 0. The van der Waals surface area contributed by atoms with Crippen LogP contribution in [0.1, 0.15) is 194 Å². The number of unbranched alkanes of at least 4 members (excludes halogenated alkanes) is 20. The van der Waals surface area contributed by atoms with Crippen LogP contribution in [-0.2, 0) is 27.9 Å². The van der Waals surface area contributed by atoms with Crippen LogP contribution >= 0.6 is 7.82 Å². The van der Waals surface area contributed by atoms with Crippen LogP contribution in [0.25, 0.3) is 0 Å². The third-order valence-corrected chi connectivity index (χ3v) is 10.4. The van der Waals surface area contributed by atoms with Crippen LogP contribution in [0.5, 0.6) is 0 Å². The minimum absolute atomic E-state index is 0.0912. The average molecular weight is 808 g/mol. The van der Waals surface area contributed by atoms with Gasteiger partial charge in [-0.1, -0.05) is 171 Å². The number of carbonyl (C=O) groups is 1. The average Bonchev–Trinajstić information content (AvgIpc) is 3.19. The third-order valence-electron chi connectivity index (χ3n) is 9.42. The van der Waals surface area contributed by atoms with E-state index in [0.29, 0.717) is 13.0 Å². The van der Waals surface area contributed by atoms with Crippen molar-refractivity contribution in [2.45, 2.75) is 200 Å². The smallest absolute Gasteiger partial charge is 0.457 e. The quantitative estimate of drug-likeness (QED) is 0.0271. The fourth-order valence-electron chi connectivity index (χ4n) is 6.10. The van der Waals surface area contributed by atoms with E-state index in [4.69, 9.17) is 24.3 Å². The zero-order valence-electron chi connectivity index (χ0n) is 36.1. The van der Waals surface area contributed by atoms with Crippen LogP contribution in [0.15, 0.2) is 60.8 Å². The highest BCUT2D eigenvalue weighted by atomic mass is 31.2. The van der Waals surface area contributed by atoms with E-state index in [0.717, 1.165) is 51.4 Å². The topological polar surface area (TPSA) is 117 Å². The summed E-state index contributed by atoms with van der Waals surface area (Å²) in [6.45, 7) is 4.75. The predicted molar refractivity (Wildman–Crippen MR) is 238 cm³/mol. The van der Waals surface area contributed by atoms with Crippen molar-refractivity contribution in [3.05, 3.63) is 60.8 Å². The highest BCUT2D eigenvalue weighted by Gasteiger charge is 2.25. The maximum absolute atomic E-state index is 12.6. The Hall–Kier alpha value is -1.80. The van der Waals surface area contributed by atoms with E-state index < -0.39 is 13.9 Å². The SMILES string of the molecule is CC/C=C\C/C=C\C/C=C\C/C=C\CCCCC(=O)OC(COCCCCCCCCCCCC/C=C\CCCCCCCCCC)COP(=O)(O)OCCN. The first-order valence-electron chi connectivity index (χ1n) is 22.8. The van der Waals surface area contributed by atoms with E-state index in [1.807, 2.05) is 0 Å². The lowest BCUT2D eigenvalue weighted by molar-refractivity contribution is -0.154. The summed E-state index contributed by atoms with van der Waals surface area (Å²) in [4.78, 5) is 22.5. The standard InChI is InChI=1S/C47H86NO7P/c1-3-5-7-9-11-13-15-17-19-20-21-22-23-24-25-27-29-31-33-35-37-39-42-52-44-46(45-54-56(50,51)53-43-41-48)55-47(49)40-38-36-34-32-30-28-26-18-16-14-12-10-8-6-4-2/h6,8,12,14,18,20-21,26,30,32,46H,3-5,7,9-11,13,15-17,19,22-25,27-29,31,33-45,48H2,1-2H3,(H,50,51)/b8-6-,14-12-,21-20-,26-18-,32-30-. The number of hydrogen-bond acceptors (Lipinski definition) is 7. The summed E-state index contributed by atoms with van der Waals surface area (Å²) in [6.07, 6.45) is 54.0. The molecule has 0 heterocycles. The molecule has 3 N–H and O–H groups in total. The molecule has 0 radical (unpaired) electrons. The lowest BCUT2D eigenvalue weighted by Gasteiger charge is -2.20. The molecule has 0 fully saturated rings. The Balaban J connectivity index is 4.02. The predicted octanol–water partition coefficient (Wildman–Crippen LogP) is 13.8. The van der Waals surface area contributed by atoms with Crippen molar-refractivity contribution in [2.24, 2.45) is 5.73 Å². The van der Waals surface area contributed by atoms with Gasteiger partial charge in [-0.25, -0.2) is 4.57 Å². The van der Waals surface area contributed by atoms with Gasteiger partial charge in [-0.15, -0.1) is 0 Å². The second-order valence-corrected chi connectivity index (χ2v) is 16.3. The van der Waals surface area contributed by atoms with Gasteiger partial charge in [0.1, 0.15) is 6.10 Å². The molecule has 0 spiro atoms. The monoisotopic (exact) mass is 808 g/mol. The fourth-order valence-corrected chi connectivity index (χ4v) is 6.87. The first kappa shape index (κ1) is 54.2. The van der Waals surface area contributed by atoms with Crippen molar-refractivity contribution in [1.82, 2.24) is 0 Å². The number of carbonyl (C=O) groups excluding carboxylic acids is 1. The van der Waals surface area contributed by atoms with Crippen molar-refractivity contribution in [2.75, 3.05) is 33.0 Å². The van der Waals surface area contributed by atoms with E-state index in [1.165, 1.54) is 116 Å². The molecule has 9 heteroatoms. The van der Waals surface area contributed by atoms with E-state index in [9.17, 15) is 14.3 Å². The van der Waals surface area contributed by atoms with Crippen molar-refractivity contribution in [1.29, 1.82) is 0 Å². The van der Waals surface area contributed by atoms with Crippen molar-refractivity contribution >= 4 is 13.8 Å². The summed E-state index contributed by atoms with van der Waals surface area (Å²) in [5.41, 5.74) is 5.37. The number of rotatable bonds is 43. The largest absolute Gasteiger partial charge is 0.472 e. The molecule has 0 aromatic carbocycles. The zero-order valence-corrected chi connectivity index (χ0v) is 37.0. The number of hydrogen-bond donors (Lipinski definition) is 2. The van der Waals surface area contributed by atoms with Gasteiger partial charge in [0.2, 0.25) is 0 Å². The molecule has 0 aliphatic heterocycles. The van der Waals surface area contributed by atoms with Crippen molar-refractivity contribution in [3.63, 3.8) is 0 Å². The summed E-state index contributed by atoms with van der Waals surface area (Å²) in [6, 6.07) is 0. The van der Waals surface area contributed by atoms with Crippen LogP contribution in [0.2, 0.25) is 0 Å². The maximum atomic E-state index is 12.6. The Morgan fingerprint density at radius 2 is 1.00 bits per heavy atom. The molecule has 0 rings (SSSR count). The molecule has 0 amide bonds. The molecule has 56 heavy (non-hydrogen) atoms. The molecule has 0 saturated heterocycles. The van der Waals surface area contributed by atoms with Crippen molar-refractivity contribution < 1.29 is 32.8 Å². The van der Waals surface area contributed by atoms with Crippen LogP contribution in [-0.4, -0.2) is 49.9 Å². The van der Waals surface area contributed by atoms with Gasteiger partial charge in [0.05, 0.1) is 19.8 Å². The van der Waals surface area contributed by atoms with Gasteiger partial charge in [-0.05, 0) is 77.0 Å². The molecule has 0 aromatic heterocycles. The summed E-state index contributed by atoms with van der Waals surface area (Å²) < 4.78 is 33.4. The molecule has 0 saturated carbocycles. The Morgan fingerprint density at radius 3 is 1.52 bits per heavy atom. The van der Waals surface area contributed by atoms with Crippen molar-refractivity contribution in [3.8, 4) is 0 Å². The van der Waals surface area contributed by atoms with Gasteiger partial charge in [0, 0.05) is 19.6 Å². The summed E-state index contributed by atoms with van der Waals surface area (Å²) in [5.74, 6) is -0.371. The van der Waals surface area contributed by atoms with Crippen LogP contribution in [0.4, 0.5) is 0 Å². The van der Waals surface area contributed by atoms with E-state index in [1.54, 1.807) is 0 Å². The first-order valence-corrected chi connectivity index (χ1v) is 24.3. The molecule has 2 atom stereocenters. The molecule has 8 nitrogen and oxygen atoms in total. The number of nitrogens with two attached hydrogens (primary N) is 1. The minimum atomic E-state index is -4.29. The number of ether oxygens (including phenoxy) is 2. The van der Waals surface area contributed by atoms with Crippen LogP contribution in [0, 0.1) is 0 Å². The Labute approximate surface area is 344 Å². The second-order valence-electron chi connectivity index (χ2n) is 14.9. The molecular formula is C47H86NO7P. The zero-order chi connectivity index (χ0) is 40.9. The molecule has 0 aromatic rings. The second kappa shape index (κ2) is 44.3.